The molecule has 19 heavy (non-hydrogen) atoms. The van der Waals surface area contributed by atoms with Crippen LogP contribution in [0.25, 0.3) is 0 Å². The van der Waals surface area contributed by atoms with Crippen LogP contribution in [0.1, 0.15) is 36.5 Å². The highest BCUT2D eigenvalue weighted by molar-refractivity contribution is 5.26. The Kier molecular flexibility index (Phi) is 4.50. The highest BCUT2D eigenvalue weighted by Crippen LogP contribution is 2.40. The Hall–Kier alpha value is -1.04. The smallest absolute Gasteiger partial charge is 0.263 e. The number of alkyl halides is 2. The van der Waals surface area contributed by atoms with E-state index in [0.717, 1.165) is 12.8 Å². The van der Waals surface area contributed by atoms with E-state index in [4.69, 9.17) is 10.5 Å². The van der Waals surface area contributed by atoms with Gasteiger partial charge < -0.3 is 15.6 Å². The van der Waals surface area contributed by atoms with Crippen LogP contribution in [0.2, 0.25) is 0 Å². The van der Waals surface area contributed by atoms with Gasteiger partial charge in [0, 0.05) is 24.1 Å². The molecule has 0 bridgehead atoms. The third kappa shape index (κ3) is 2.94. The first kappa shape index (κ1) is 14.4. The third-order valence-electron chi connectivity index (χ3n) is 3.84. The second-order valence-electron chi connectivity index (χ2n) is 5.09. The SMILES string of the molecule is NCC1(C(O)c2ccc(C(F)F)cc2)CCCOC1. The Morgan fingerprint density at radius 2 is 1.89 bits per heavy atom. The molecular formula is C14H19F2NO2. The molecule has 1 fully saturated rings. The zero-order valence-corrected chi connectivity index (χ0v) is 10.7. The van der Waals surface area contributed by atoms with Gasteiger partial charge in [0.2, 0.25) is 0 Å². The molecule has 3 N–H and O–H groups in total. The molecular weight excluding hydrogens is 252 g/mol. The largest absolute Gasteiger partial charge is 0.388 e. The Morgan fingerprint density at radius 3 is 2.37 bits per heavy atom. The molecule has 0 aromatic heterocycles. The molecule has 0 radical (unpaired) electrons. The Balaban J connectivity index is 2.19. The molecule has 1 aromatic rings. The summed E-state index contributed by atoms with van der Waals surface area (Å²) in [5, 5.41) is 10.5. The first-order valence-corrected chi connectivity index (χ1v) is 6.43. The summed E-state index contributed by atoms with van der Waals surface area (Å²) in [6.07, 6.45) is -1.65. The van der Waals surface area contributed by atoms with Crippen molar-refractivity contribution in [3.8, 4) is 0 Å². The second-order valence-corrected chi connectivity index (χ2v) is 5.09. The lowest BCUT2D eigenvalue weighted by molar-refractivity contribution is -0.0782. The van der Waals surface area contributed by atoms with Gasteiger partial charge in [0.25, 0.3) is 6.43 Å². The number of hydrogen-bond donors (Lipinski definition) is 2. The summed E-state index contributed by atoms with van der Waals surface area (Å²) in [6.45, 7) is 1.39. The van der Waals surface area contributed by atoms with Crippen molar-refractivity contribution in [2.75, 3.05) is 19.8 Å². The fourth-order valence-electron chi connectivity index (χ4n) is 2.54. The van der Waals surface area contributed by atoms with Crippen LogP contribution < -0.4 is 5.73 Å². The van der Waals surface area contributed by atoms with Crippen LogP contribution in [0, 0.1) is 5.41 Å². The molecule has 0 saturated carbocycles. The third-order valence-corrected chi connectivity index (χ3v) is 3.84. The van der Waals surface area contributed by atoms with Crippen LogP contribution >= 0.6 is 0 Å². The van der Waals surface area contributed by atoms with Crippen molar-refractivity contribution in [2.24, 2.45) is 11.1 Å². The zero-order chi connectivity index (χ0) is 13.9. The summed E-state index contributed by atoms with van der Waals surface area (Å²) in [6, 6.07) is 5.77. The van der Waals surface area contributed by atoms with E-state index in [1.807, 2.05) is 0 Å². The Labute approximate surface area is 111 Å². The standard InChI is InChI=1S/C14H19F2NO2/c15-13(16)11-4-2-10(3-5-11)12(18)14(8-17)6-1-7-19-9-14/h2-5,12-13,18H,1,6-9,17H2. The summed E-state index contributed by atoms with van der Waals surface area (Å²) in [5.74, 6) is 0. The number of nitrogens with two attached hydrogens (primary N) is 1. The number of hydrogen-bond acceptors (Lipinski definition) is 3. The molecule has 106 valence electrons. The first-order chi connectivity index (χ1) is 9.09. The lowest BCUT2D eigenvalue weighted by Crippen LogP contribution is -2.43. The summed E-state index contributed by atoms with van der Waals surface area (Å²) < 4.78 is 30.4. The zero-order valence-electron chi connectivity index (χ0n) is 10.7. The summed E-state index contributed by atoms with van der Waals surface area (Å²) in [5.41, 5.74) is 5.85. The predicted molar refractivity (Wildman–Crippen MR) is 67.9 cm³/mol. The van der Waals surface area contributed by atoms with Gasteiger partial charge in [-0.1, -0.05) is 24.3 Å². The number of aliphatic hydroxyl groups is 1. The molecule has 1 saturated heterocycles. The van der Waals surface area contributed by atoms with Gasteiger partial charge in [0.15, 0.2) is 0 Å². The second kappa shape index (κ2) is 5.94. The summed E-state index contributed by atoms with van der Waals surface area (Å²) >= 11 is 0. The minimum absolute atomic E-state index is 0.0438. The maximum Gasteiger partial charge on any atom is 0.263 e. The van der Waals surface area contributed by atoms with Crippen LogP contribution in [0.4, 0.5) is 8.78 Å². The van der Waals surface area contributed by atoms with E-state index in [1.54, 1.807) is 0 Å². The first-order valence-electron chi connectivity index (χ1n) is 6.43. The molecule has 1 heterocycles. The van der Waals surface area contributed by atoms with Gasteiger partial charge in [-0.15, -0.1) is 0 Å². The van der Waals surface area contributed by atoms with Crippen LogP contribution in [0.3, 0.4) is 0 Å². The number of halogens is 2. The van der Waals surface area contributed by atoms with Crippen molar-refractivity contribution in [1.29, 1.82) is 0 Å². The monoisotopic (exact) mass is 271 g/mol. The van der Waals surface area contributed by atoms with Crippen molar-refractivity contribution in [1.82, 2.24) is 0 Å². The van der Waals surface area contributed by atoms with Gasteiger partial charge in [-0.3, -0.25) is 0 Å². The summed E-state index contributed by atoms with van der Waals surface area (Å²) in [4.78, 5) is 0. The molecule has 2 rings (SSSR count). The Morgan fingerprint density at radius 1 is 1.26 bits per heavy atom. The quantitative estimate of drug-likeness (QED) is 0.884. The van der Waals surface area contributed by atoms with E-state index in [1.165, 1.54) is 24.3 Å². The normalized spacial score (nSPS) is 25.5. The van der Waals surface area contributed by atoms with E-state index < -0.39 is 17.9 Å². The Bertz CT molecular complexity index is 402. The topological polar surface area (TPSA) is 55.5 Å². The minimum atomic E-state index is -2.49. The van der Waals surface area contributed by atoms with Gasteiger partial charge in [-0.25, -0.2) is 8.78 Å². The molecule has 2 atom stereocenters. The maximum absolute atomic E-state index is 12.5. The van der Waals surface area contributed by atoms with Gasteiger partial charge in [0.05, 0.1) is 12.7 Å². The van der Waals surface area contributed by atoms with Crippen LogP contribution in [-0.4, -0.2) is 24.9 Å². The lowest BCUT2D eigenvalue weighted by Gasteiger charge is -2.40. The van der Waals surface area contributed by atoms with Gasteiger partial charge in [0.1, 0.15) is 0 Å². The molecule has 0 aliphatic carbocycles. The predicted octanol–water partition coefficient (Wildman–Crippen LogP) is 2.41. The van der Waals surface area contributed by atoms with Crippen molar-refractivity contribution >= 4 is 0 Å². The van der Waals surface area contributed by atoms with E-state index in [2.05, 4.69) is 0 Å². The number of ether oxygens (including phenoxy) is 1. The molecule has 1 aliphatic heterocycles. The van der Waals surface area contributed by atoms with Crippen LogP contribution in [0.5, 0.6) is 0 Å². The average molecular weight is 271 g/mol. The molecule has 0 spiro atoms. The van der Waals surface area contributed by atoms with Crippen LogP contribution in [0.15, 0.2) is 24.3 Å². The molecule has 0 amide bonds. The van der Waals surface area contributed by atoms with E-state index in [-0.39, 0.29) is 5.56 Å². The van der Waals surface area contributed by atoms with Gasteiger partial charge >= 0.3 is 0 Å². The molecule has 1 aliphatic rings. The fraction of sp³-hybridized carbons (Fsp3) is 0.571. The van der Waals surface area contributed by atoms with E-state index >= 15 is 0 Å². The number of benzene rings is 1. The van der Waals surface area contributed by atoms with Crippen molar-refractivity contribution < 1.29 is 18.6 Å². The minimum Gasteiger partial charge on any atom is -0.388 e. The van der Waals surface area contributed by atoms with Crippen LogP contribution in [-0.2, 0) is 4.74 Å². The molecule has 1 aromatic carbocycles. The molecule has 3 nitrogen and oxygen atoms in total. The summed E-state index contributed by atoms with van der Waals surface area (Å²) in [7, 11) is 0. The van der Waals surface area contributed by atoms with E-state index in [0.29, 0.717) is 25.3 Å². The average Bonchev–Trinajstić information content (AvgIpc) is 2.47. The van der Waals surface area contributed by atoms with Crippen molar-refractivity contribution in [2.45, 2.75) is 25.4 Å². The molecule has 5 heteroatoms. The highest BCUT2D eigenvalue weighted by atomic mass is 19.3. The van der Waals surface area contributed by atoms with Crippen molar-refractivity contribution in [3.63, 3.8) is 0 Å². The lowest BCUT2D eigenvalue weighted by atomic mass is 9.75. The van der Waals surface area contributed by atoms with Gasteiger partial charge in [-0.2, -0.15) is 0 Å². The highest BCUT2D eigenvalue weighted by Gasteiger charge is 2.39. The maximum atomic E-state index is 12.5. The number of aliphatic hydroxyl groups excluding tert-OH is 1. The van der Waals surface area contributed by atoms with E-state index in [9.17, 15) is 13.9 Å². The van der Waals surface area contributed by atoms with Gasteiger partial charge in [-0.05, 0) is 18.4 Å². The molecule has 2 unspecified atom stereocenters. The number of rotatable bonds is 4. The van der Waals surface area contributed by atoms with Crippen molar-refractivity contribution in [3.05, 3.63) is 35.4 Å². The fourth-order valence-corrected chi connectivity index (χ4v) is 2.54.